The van der Waals surface area contributed by atoms with Crippen molar-refractivity contribution in [3.05, 3.63) is 15.9 Å². The van der Waals surface area contributed by atoms with Gasteiger partial charge in [-0.05, 0) is 41.7 Å². The second-order valence-electron chi connectivity index (χ2n) is 5.04. The van der Waals surface area contributed by atoms with Crippen molar-refractivity contribution in [1.29, 1.82) is 0 Å². The lowest BCUT2D eigenvalue weighted by Crippen LogP contribution is -2.17. The molecule has 0 aliphatic carbocycles. The molecule has 0 aliphatic rings. The van der Waals surface area contributed by atoms with Crippen LogP contribution < -0.4 is 5.32 Å². The molecule has 0 atom stereocenters. The van der Waals surface area contributed by atoms with E-state index in [9.17, 15) is 0 Å². The van der Waals surface area contributed by atoms with Crippen molar-refractivity contribution in [2.24, 2.45) is 13.0 Å². The van der Waals surface area contributed by atoms with E-state index in [1.165, 1.54) is 25.0 Å². The topological polar surface area (TPSA) is 29.9 Å². The van der Waals surface area contributed by atoms with Crippen LogP contribution in [-0.2, 0) is 13.6 Å². The van der Waals surface area contributed by atoms with Gasteiger partial charge in [0.25, 0.3) is 0 Å². The van der Waals surface area contributed by atoms with Crippen molar-refractivity contribution in [3.63, 3.8) is 0 Å². The molecule has 0 fully saturated rings. The van der Waals surface area contributed by atoms with Crippen molar-refractivity contribution < 1.29 is 0 Å². The third kappa shape index (κ3) is 4.80. The molecule has 0 unspecified atom stereocenters. The maximum absolute atomic E-state index is 4.38. The molecule has 0 aromatic carbocycles. The second-order valence-corrected chi connectivity index (χ2v) is 5.83. The Hall–Kier alpha value is -0.350. The molecule has 0 saturated carbocycles. The molecule has 1 heterocycles. The lowest BCUT2D eigenvalue weighted by molar-refractivity contribution is 0.516. The van der Waals surface area contributed by atoms with Gasteiger partial charge in [-0.3, -0.25) is 4.68 Å². The normalized spacial score (nSPS) is 11.4. The van der Waals surface area contributed by atoms with E-state index in [-0.39, 0.29) is 0 Å². The first kappa shape index (κ1) is 14.7. The van der Waals surface area contributed by atoms with Gasteiger partial charge < -0.3 is 5.32 Å². The zero-order valence-electron chi connectivity index (χ0n) is 11.4. The van der Waals surface area contributed by atoms with Crippen LogP contribution >= 0.6 is 15.9 Å². The smallest absolute Gasteiger partial charge is 0.0739 e. The van der Waals surface area contributed by atoms with Gasteiger partial charge in [0.1, 0.15) is 0 Å². The highest BCUT2D eigenvalue weighted by Crippen LogP contribution is 2.19. The Morgan fingerprint density at radius 2 is 2.06 bits per heavy atom. The molecule has 0 aliphatic heterocycles. The number of rotatable bonds is 7. The Morgan fingerprint density at radius 3 is 2.59 bits per heavy atom. The number of hydrogen-bond acceptors (Lipinski definition) is 2. The Kier molecular flexibility index (Phi) is 6.20. The monoisotopic (exact) mass is 301 g/mol. The fraction of sp³-hybridized carbons (Fsp3) is 0.769. The maximum Gasteiger partial charge on any atom is 0.0739 e. The number of nitrogens with one attached hydrogen (secondary N) is 1. The van der Waals surface area contributed by atoms with Crippen molar-refractivity contribution >= 4 is 15.9 Å². The summed E-state index contributed by atoms with van der Waals surface area (Å²) in [5, 5.41) is 7.86. The van der Waals surface area contributed by atoms with E-state index in [1.54, 1.807) is 0 Å². The number of aryl methyl sites for hydroxylation is 2. The molecular weight excluding hydrogens is 278 g/mol. The van der Waals surface area contributed by atoms with Crippen molar-refractivity contribution in [1.82, 2.24) is 15.1 Å². The van der Waals surface area contributed by atoms with Crippen LogP contribution in [0.25, 0.3) is 0 Å². The van der Waals surface area contributed by atoms with E-state index < -0.39 is 0 Å². The van der Waals surface area contributed by atoms with Crippen LogP contribution in [-0.4, -0.2) is 16.3 Å². The van der Waals surface area contributed by atoms with Gasteiger partial charge in [0, 0.05) is 13.6 Å². The standard InChI is InChI=1S/C13H24BrN3/c1-10(2)7-5-6-8-15-9-12-13(14)11(3)16-17(12)4/h10,15H,5-9H2,1-4H3. The van der Waals surface area contributed by atoms with E-state index in [4.69, 9.17) is 0 Å². The van der Waals surface area contributed by atoms with Gasteiger partial charge in [-0.1, -0.05) is 26.7 Å². The number of unbranched alkanes of at least 4 members (excludes halogenated alkanes) is 1. The average Bonchev–Trinajstić information content (AvgIpc) is 2.48. The molecule has 1 rings (SSSR count). The Balaban J connectivity index is 2.22. The Morgan fingerprint density at radius 1 is 1.35 bits per heavy atom. The van der Waals surface area contributed by atoms with Gasteiger partial charge in [-0.25, -0.2) is 0 Å². The first-order chi connectivity index (χ1) is 8.02. The van der Waals surface area contributed by atoms with E-state index in [2.05, 4.69) is 40.2 Å². The first-order valence-electron chi connectivity index (χ1n) is 6.41. The van der Waals surface area contributed by atoms with E-state index in [1.807, 2.05) is 18.7 Å². The summed E-state index contributed by atoms with van der Waals surface area (Å²) in [6.45, 7) is 8.56. The summed E-state index contributed by atoms with van der Waals surface area (Å²) >= 11 is 3.58. The molecule has 1 N–H and O–H groups in total. The molecular formula is C13H24BrN3. The predicted octanol–water partition coefficient (Wildman–Crippen LogP) is 3.41. The second kappa shape index (κ2) is 7.17. The fourth-order valence-corrected chi connectivity index (χ4v) is 2.36. The Labute approximate surface area is 113 Å². The van der Waals surface area contributed by atoms with Crippen LogP contribution in [0.2, 0.25) is 0 Å². The lowest BCUT2D eigenvalue weighted by Gasteiger charge is -2.07. The molecule has 0 amide bonds. The van der Waals surface area contributed by atoms with Crippen molar-refractivity contribution in [2.75, 3.05) is 6.54 Å². The van der Waals surface area contributed by atoms with Crippen molar-refractivity contribution in [2.45, 2.75) is 46.6 Å². The summed E-state index contributed by atoms with van der Waals surface area (Å²) in [7, 11) is 1.99. The number of halogens is 1. The third-order valence-electron chi connectivity index (χ3n) is 2.94. The maximum atomic E-state index is 4.38. The summed E-state index contributed by atoms with van der Waals surface area (Å²) in [5.74, 6) is 0.823. The van der Waals surface area contributed by atoms with Crippen LogP contribution in [0.5, 0.6) is 0 Å². The van der Waals surface area contributed by atoms with Crippen LogP contribution in [0.1, 0.15) is 44.5 Å². The first-order valence-corrected chi connectivity index (χ1v) is 7.20. The molecule has 98 valence electrons. The molecule has 1 aromatic heterocycles. The molecule has 0 radical (unpaired) electrons. The number of aromatic nitrogens is 2. The lowest BCUT2D eigenvalue weighted by atomic mass is 10.1. The number of nitrogens with zero attached hydrogens (tertiary/aromatic N) is 2. The molecule has 0 bridgehead atoms. The van der Waals surface area contributed by atoms with Gasteiger partial charge in [0.05, 0.1) is 15.9 Å². The third-order valence-corrected chi connectivity index (χ3v) is 3.97. The summed E-state index contributed by atoms with van der Waals surface area (Å²) in [6.07, 6.45) is 3.90. The molecule has 0 spiro atoms. The largest absolute Gasteiger partial charge is 0.311 e. The summed E-state index contributed by atoms with van der Waals surface area (Å²) < 4.78 is 3.08. The summed E-state index contributed by atoms with van der Waals surface area (Å²) in [6, 6.07) is 0. The fourth-order valence-electron chi connectivity index (χ4n) is 1.88. The van der Waals surface area contributed by atoms with E-state index in [0.717, 1.165) is 29.2 Å². The minimum Gasteiger partial charge on any atom is -0.311 e. The summed E-state index contributed by atoms with van der Waals surface area (Å²) in [5.41, 5.74) is 2.29. The van der Waals surface area contributed by atoms with Gasteiger partial charge in [0.2, 0.25) is 0 Å². The quantitative estimate of drug-likeness (QED) is 0.782. The van der Waals surface area contributed by atoms with Crippen LogP contribution in [0, 0.1) is 12.8 Å². The highest BCUT2D eigenvalue weighted by atomic mass is 79.9. The van der Waals surface area contributed by atoms with Gasteiger partial charge in [-0.15, -0.1) is 0 Å². The Bertz CT molecular complexity index is 345. The number of hydrogen-bond donors (Lipinski definition) is 1. The predicted molar refractivity (Wildman–Crippen MR) is 76.0 cm³/mol. The molecule has 1 aromatic rings. The highest BCUT2D eigenvalue weighted by molar-refractivity contribution is 9.10. The van der Waals surface area contributed by atoms with Crippen LogP contribution in [0.4, 0.5) is 0 Å². The highest BCUT2D eigenvalue weighted by Gasteiger charge is 2.09. The van der Waals surface area contributed by atoms with Crippen LogP contribution in [0.15, 0.2) is 4.47 Å². The summed E-state index contributed by atoms with van der Waals surface area (Å²) in [4.78, 5) is 0. The SMILES string of the molecule is Cc1nn(C)c(CNCCCCC(C)C)c1Br. The van der Waals surface area contributed by atoms with Gasteiger partial charge in [-0.2, -0.15) is 5.10 Å². The van der Waals surface area contributed by atoms with E-state index in [0.29, 0.717) is 0 Å². The molecule has 3 nitrogen and oxygen atoms in total. The molecule has 17 heavy (non-hydrogen) atoms. The van der Waals surface area contributed by atoms with Gasteiger partial charge in [0.15, 0.2) is 0 Å². The van der Waals surface area contributed by atoms with Crippen molar-refractivity contribution in [3.8, 4) is 0 Å². The minimum absolute atomic E-state index is 0.823. The minimum atomic E-state index is 0.823. The zero-order chi connectivity index (χ0) is 12.8. The van der Waals surface area contributed by atoms with Crippen LogP contribution in [0.3, 0.4) is 0 Å². The van der Waals surface area contributed by atoms with E-state index >= 15 is 0 Å². The van der Waals surface area contributed by atoms with Gasteiger partial charge >= 0.3 is 0 Å². The molecule has 4 heteroatoms. The average molecular weight is 302 g/mol. The zero-order valence-corrected chi connectivity index (χ0v) is 13.0. The molecule has 0 saturated heterocycles.